The summed E-state index contributed by atoms with van der Waals surface area (Å²) in [5.74, 6) is 1.82. The Labute approximate surface area is 206 Å². The van der Waals surface area contributed by atoms with Crippen LogP contribution < -0.4 is 10.6 Å². The van der Waals surface area contributed by atoms with E-state index < -0.39 is 0 Å². The monoisotopic (exact) mass is 546 g/mol. The van der Waals surface area contributed by atoms with E-state index in [4.69, 9.17) is 4.42 Å². The zero-order valence-corrected chi connectivity index (χ0v) is 21.0. The summed E-state index contributed by atoms with van der Waals surface area (Å²) in [5.41, 5.74) is 4.55. The van der Waals surface area contributed by atoms with E-state index in [2.05, 4.69) is 40.7 Å². The largest absolute Gasteiger partial charge is 0.459 e. The number of halogens is 1. The van der Waals surface area contributed by atoms with Crippen molar-refractivity contribution in [1.82, 2.24) is 15.5 Å². The van der Waals surface area contributed by atoms with Crippen LogP contribution in [0.2, 0.25) is 0 Å². The molecule has 0 bridgehead atoms. The van der Waals surface area contributed by atoms with Gasteiger partial charge in [-0.25, -0.2) is 4.99 Å². The lowest BCUT2D eigenvalue weighted by atomic mass is 10.1. The maximum absolute atomic E-state index is 12.6. The van der Waals surface area contributed by atoms with Crippen LogP contribution in [0, 0.1) is 6.92 Å². The number of hydrogen-bond acceptors (Lipinski definition) is 3. The molecule has 6 nitrogen and oxygen atoms in total. The first kappa shape index (κ1) is 24.1. The third-order valence-electron chi connectivity index (χ3n) is 5.72. The van der Waals surface area contributed by atoms with Crippen molar-refractivity contribution in [2.75, 3.05) is 13.1 Å². The zero-order valence-electron chi connectivity index (χ0n) is 18.7. The summed E-state index contributed by atoms with van der Waals surface area (Å²) in [7, 11) is 0. The number of nitrogens with one attached hydrogen (secondary N) is 2. The van der Waals surface area contributed by atoms with E-state index >= 15 is 0 Å². The Kier molecular flexibility index (Phi) is 8.55. The molecule has 2 heterocycles. The third-order valence-corrected chi connectivity index (χ3v) is 5.72. The van der Waals surface area contributed by atoms with Crippen LogP contribution in [0.1, 0.15) is 42.2 Å². The first-order valence-corrected chi connectivity index (χ1v) is 11.0. The standard InChI is InChI=1S/C25H30N4O2.HI/c1-3-26-25(28-15-23-18(2)21-11-6-7-12-22(21)31-23)27-14-8-13-24(30)29-16-19-9-4-5-10-20(19)17-29;/h4-7,9-12H,3,8,13-17H2,1-2H3,(H2,26,27,28);1H. The Morgan fingerprint density at radius 1 is 1.06 bits per heavy atom. The lowest BCUT2D eigenvalue weighted by Crippen LogP contribution is -2.38. The highest BCUT2D eigenvalue weighted by atomic mass is 127. The lowest BCUT2D eigenvalue weighted by Gasteiger charge is -2.16. The molecule has 0 spiro atoms. The highest BCUT2D eigenvalue weighted by molar-refractivity contribution is 14.0. The second kappa shape index (κ2) is 11.4. The maximum Gasteiger partial charge on any atom is 0.223 e. The van der Waals surface area contributed by atoms with Gasteiger partial charge in [-0.15, -0.1) is 24.0 Å². The molecule has 1 aliphatic rings. The van der Waals surface area contributed by atoms with E-state index in [1.165, 1.54) is 11.1 Å². The van der Waals surface area contributed by atoms with Crippen molar-refractivity contribution in [3.05, 3.63) is 71.0 Å². The molecule has 32 heavy (non-hydrogen) atoms. The van der Waals surface area contributed by atoms with Crippen LogP contribution in [0.15, 0.2) is 57.9 Å². The molecule has 2 N–H and O–H groups in total. The second-order valence-electron chi connectivity index (χ2n) is 7.89. The third kappa shape index (κ3) is 5.62. The molecule has 0 radical (unpaired) electrons. The molecule has 2 aromatic carbocycles. The second-order valence-corrected chi connectivity index (χ2v) is 7.89. The minimum Gasteiger partial charge on any atom is -0.459 e. The number of para-hydroxylation sites is 1. The first-order valence-electron chi connectivity index (χ1n) is 11.0. The molecule has 0 saturated carbocycles. The van der Waals surface area contributed by atoms with Crippen LogP contribution >= 0.6 is 24.0 Å². The number of amides is 1. The molecule has 0 aliphatic carbocycles. The topological polar surface area (TPSA) is 69.9 Å². The summed E-state index contributed by atoms with van der Waals surface area (Å²) in [4.78, 5) is 19.2. The van der Waals surface area contributed by atoms with Crippen LogP contribution in [0.4, 0.5) is 0 Å². The van der Waals surface area contributed by atoms with Gasteiger partial charge in [-0.2, -0.15) is 0 Å². The van der Waals surface area contributed by atoms with Gasteiger partial charge in [0.15, 0.2) is 5.96 Å². The van der Waals surface area contributed by atoms with Gasteiger partial charge in [0, 0.05) is 43.5 Å². The fourth-order valence-electron chi connectivity index (χ4n) is 3.98. The van der Waals surface area contributed by atoms with Gasteiger partial charge in [0.05, 0.1) is 0 Å². The molecule has 0 unspecified atom stereocenters. The highest BCUT2D eigenvalue weighted by Crippen LogP contribution is 2.25. The van der Waals surface area contributed by atoms with Crippen molar-refractivity contribution in [3.63, 3.8) is 0 Å². The number of aliphatic imine (C=N–C) groups is 1. The predicted molar refractivity (Wildman–Crippen MR) is 139 cm³/mol. The fraction of sp³-hybridized carbons (Fsp3) is 0.360. The lowest BCUT2D eigenvalue weighted by molar-refractivity contribution is -0.131. The summed E-state index contributed by atoms with van der Waals surface area (Å²) < 4.78 is 5.96. The Bertz CT molecular complexity index is 1070. The van der Waals surface area contributed by atoms with Crippen molar-refractivity contribution >= 4 is 46.8 Å². The van der Waals surface area contributed by atoms with Crippen LogP contribution in [-0.4, -0.2) is 29.9 Å². The SMILES string of the molecule is CCNC(=NCc1oc2ccccc2c1C)NCCCC(=O)N1Cc2ccccc2C1.I. The average molecular weight is 546 g/mol. The van der Waals surface area contributed by atoms with Gasteiger partial charge in [0.2, 0.25) is 5.91 Å². The normalized spacial score (nSPS) is 13.1. The molecule has 0 saturated heterocycles. The van der Waals surface area contributed by atoms with Crippen molar-refractivity contribution < 1.29 is 9.21 Å². The van der Waals surface area contributed by atoms with E-state index in [1.54, 1.807) is 0 Å². The number of hydrogen-bond donors (Lipinski definition) is 2. The van der Waals surface area contributed by atoms with Gasteiger partial charge in [0.25, 0.3) is 0 Å². The summed E-state index contributed by atoms with van der Waals surface area (Å²) >= 11 is 0. The molecule has 0 atom stereocenters. The van der Waals surface area contributed by atoms with Crippen LogP contribution in [0.5, 0.6) is 0 Å². The predicted octanol–water partition coefficient (Wildman–Crippen LogP) is 4.74. The molecular formula is C25H31IN4O2. The van der Waals surface area contributed by atoms with Gasteiger partial charge >= 0.3 is 0 Å². The van der Waals surface area contributed by atoms with Gasteiger partial charge in [-0.1, -0.05) is 42.5 Å². The molecular weight excluding hydrogens is 515 g/mol. The molecule has 1 amide bonds. The molecule has 3 aromatic rings. The fourth-order valence-corrected chi connectivity index (χ4v) is 3.98. The number of aryl methyl sites for hydroxylation is 1. The smallest absolute Gasteiger partial charge is 0.223 e. The first-order chi connectivity index (χ1) is 15.2. The van der Waals surface area contributed by atoms with E-state index in [9.17, 15) is 4.79 Å². The molecule has 170 valence electrons. The number of carbonyl (C=O) groups excluding carboxylic acids is 1. The minimum atomic E-state index is 0. The molecule has 7 heteroatoms. The molecule has 4 rings (SSSR count). The zero-order chi connectivity index (χ0) is 21.6. The summed E-state index contributed by atoms with van der Waals surface area (Å²) in [6, 6.07) is 16.3. The van der Waals surface area contributed by atoms with Gasteiger partial charge in [-0.3, -0.25) is 4.79 Å². The van der Waals surface area contributed by atoms with E-state index in [0.717, 1.165) is 54.3 Å². The van der Waals surface area contributed by atoms with Crippen molar-refractivity contribution in [2.24, 2.45) is 4.99 Å². The van der Waals surface area contributed by atoms with Gasteiger partial charge < -0.3 is 20.0 Å². The van der Waals surface area contributed by atoms with Crippen LogP contribution in [0.3, 0.4) is 0 Å². The Morgan fingerprint density at radius 3 is 2.44 bits per heavy atom. The molecule has 1 aliphatic heterocycles. The number of rotatable bonds is 7. The number of nitrogens with zero attached hydrogens (tertiary/aromatic N) is 2. The molecule has 1 aromatic heterocycles. The van der Waals surface area contributed by atoms with E-state index in [-0.39, 0.29) is 29.9 Å². The van der Waals surface area contributed by atoms with Crippen LogP contribution in [0.25, 0.3) is 11.0 Å². The number of fused-ring (bicyclic) bond motifs is 2. The summed E-state index contributed by atoms with van der Waals surface area (Å²) in [6.45, 7) is 7.50. The molecule has 0 fully saturated rings. The van der Waals surface area contributed by atoms with E-state index in [0.29, 0.717) is 19.5 Å². The number of carbonyl (C=O) groups is 1. The van der Waals surface area contributed by atoms with Crippen LogP contribution in [-0.2, 0) is 24.4 Å². The summed E-state index contributed by atoms with van der Waals surface area (Å²) in [6.07, 6.45) is 1.29. The Morgan fingerprint density at radius 2 is 1.75 bits per heavy atom. The number of furan rings is 1. The highest BCUT2D eigenvalue weighted by Gasteiger charge is 2.22. The van der Waals surface area contributed by atoms with Gasteiger partial charge in [-0.05, 0) is 37.5 Å². The number of guanidine groups is 1. The van der Waals surface area contributed by atoms with Crippen molar-refractivity contribution in [1.29, 1.82) is 0 Å². The Hall–Kier alpha value is -2.55. The Balaban J connectivity index is 0.00000289. The quantitative estimate of drug-likeness (QED) is 0.195. The summed E-state index contributed by atoms with van der Waals surface area (Å²) in [5, 5.41) is 7.73. The van der Waals surface area contributed by atoms with Crippen molar-refractivity contribution in [2.45, 2.75) is 46.3 Å². The maximum atomic E-state index is 12.6. The minimum absolute atomic E-state index is 0. The number of benzene rings is 2. The van der Waals surface area contributed by atoms with Gasteiger partial charge in [0.1, 0.15) is 17.9 Å². The average Bonchev–Trinajstić information content (AvgIpc) is 3.36. The van der Waals surface area contributed by atoms with E-state index in [1.807, 2.05) is 42.2 Å². The van der Waals surface area contributed by atoms with Crippen molar-refractivity contribution in [3.8, 4) is 0 Å².